The van der Waals surface area contributed by atoms with Crippen LogP contribution in [0.15, 0.2) is 0 Å². The molecule has 2 fully saturated rings. The van der Waals surface area contributed by atoms with Gasteiger partial charge in [-0.25, -0.2) is 18.2 Å². The largest absolute Gasteiger partial charge is 0.383 e. The van der Waals surface area contributed by atoms with E-state index in [2.05, 4.69) is 9.97 Å². The lowest BCUT2D eigenvalue weighted by atomic mass is 10.0. The standard InChI is InChI=1S/C15H16F3N5O2/c16-8-7-11(21-14(20)22-13(7)19)10(18)12(9(8)17)23-3-1-15(2-4-23)24-5-6-25-15/h1-6H2,(H4,19,20,21,22). The third-order valence-electron chi connectivity index (χ3n) is 4.65. The van der Waals surface area contributed by atoms with E-state index in [1.807, 2.05) is 0 Å². The molecule has 1 aromatic carbocycles. The summed E-state index contributed by atoms with van der Waals surface area (Å²) in [6.07, 6.45) is 0.833. The summed E-state index contributed by atoms with van der Waals surface area (Å²) in [6, 6.07) is 0. The first-order chi connectivity index (χ1) is 11.9. The molecule has 2 aromatic rings. The molecule has 0 aliphatic carbocycles. The first-order valence-corrected chi connectivity index (χ1v) is 7.84. The van der Waals surface area contributed by atoms with Gasteiger partial charge < -0.3 is 25.8 Å². The van der Waals surface area contributed by atoms with E-state index in [4.69, 9.17) is 20.9 Å². The summed E-state index contributed by atoms with van der Waals surface area (Å²) < 4.78 is 55.1. The van der Waals surface area contributed by atoms with Gasteiger partial charge in [0.1, 0.15) is 17.0 Å². The topological polar surface area (TPSA) is 99.5 Å². The number of nitrogens with zero attached hydrogens (tertiary/aromatic N) is 3. The van der Waals surface area contributed by atoms with Crippen LogP contribution in [-0.2, 0) is 9.47 Å². The lowest BCUT2D eigenvalue weighted by molar-refractivity contribution is -0.169. The molecule has 1 spiro atoms. The maximum absolute atomic E-state index is 14.9. The van der Waals surface area contributed by atoms with Gasteiger partial charge in [-0.3, -0.25) is 0 Å². The monoisotopic (exact) mass is 355 g/mol. The van der Waals surface area contributed by atoms with Crippen molar-refractivity contribution in [3.05, 3.63) is 17.5 Å². The smallest absolute Gasteiger partial charge is 0.222 e. The molecule has 2 saturated heterocycles. The zero-order valence-corrected chi connectivity index (χ0v) is 13.2. The normalized spacial score (nSPS) is 19.9. The summed E-state index contributed by atoms with van der Waals surface area (Å²) in [5.74, 6) is -5.07. The van der Waals surface area contributed by atoms with Gasteiger partial charge in [-0.05, 0) is 0 Å². The highest BCUT2D eigenvalue weighted by atomic mass is 19.2. The predicted molar refractivity (Wildman–Crippen MR) is 84.3 cm³/mol. The molecule has 3 heterocycles. The lowest BCUT2D eigenvalue weighted by Crippen LogP contribution is -2.45. The fourth-order valence-electron chi connectivity index (χ4n) is 3.43. The molecular formula is C15H16F3N5O2. The van der Waals surface area contributed by atoms with Crippen LogP contribution in [0.25, 0.3) is 10.9 Å². The average Bonchev–Trinajstić information content (AvgIpc) is 3.02. The second-order valence-corrected chi connectivity index (χ2v) is 6.08. The Morgan fingerprint density at radius 1 is 0.920 bits per heavy atom. The van der Waals surface area contributed by atoms with Gasteiger partial charge in [0.05, 0.1) is 18.6 Å². The number of aromatic nitrogens is 2. The van der Waals surface area contributed by atoms with Crippen LogP contribution in [0.1, 0.15) is 12.8 Å². The van der Waals surface area contributed by atoms with Crippen molar-refractivity contribution in [2.75, 3.05) is 42.7 Å². The van der Waals surface area contributed by atoms with Crippen molar-refractivity contribution in [3.63, 3.8) is 0 Å². The molecule has 0 unspecified atom stereocenters. The van der Waals surface area contributed by atoms with Gasteiger partial charge in [-0.15, -0.1) is 0 Å². The van der Waals surface area contributed by atoms with Crippen LogP contribution < -0.4 is 16.4 Å². The minimum atomic E-state index is -1.32. The van der Waals surface area contributed by atoms with Crippen molar-refractivity contribution in [1.29, 1.82) is 0 Å². The fourth-order valence-corrected chi connectivity index (χ4v) is 3.43. The average molecular weight is 355 g/mol. The van der Waals surface area contributed by atoms with E-state index in [0.717, 1.165) is 0 Å². The van der Waals surface area contributed by atoms with Crippen LogP contribution in [0.2, 0.25) is 0 Å². The summed E-state index contributed by atoms with van der Waals surface area (Å²) in [5, 5.41) is -0.510. The first-order valence-electron chi connectivity index (χ1n) is 7.84. The number of hydrogen-bond donors (Lipinski definition) is 2. The molecule has 25 heavy (non-hydrogen) atoms. The van der Waals surface area contributed by atoms with Crippen LogP contribution in [0, 0.1) is 17.5 Å². The van der Waals surface area contributed by atoms with Gasteiger partial charge >= 0.3 is 0 Å². The van der Waals surface area contributed by atoms with Gasteiger partial charge in [0, 0.05) is 25.9 Å². The van der Waals surface area contributed by atoms with Crippen LogP contribution >= 0.6 is 0 Å². The second-order valence-electron chi connectivity index (χ2n) is 6.08. The summed E-state index contributed by atoms with van der Waals surface area (Å²) in [7, 11) is 0. The zero-order valence-electron chi connectivity index (χ0n) is 13.2. The third-order valence-corrected chi connectivity index (χ3v) is 4.65. The number of piperidine rings is 1. The highest BCUT2D eigenvalue weighted by Gasteiger charge is 2.41. The maximum Gasteiger partial charge on any atom is 0.222 e. The molecule has 4 N–H and O–H groups in total. The van der Waals surface area contributed by atoms with E-state index in [1.165, 1.54) is 4.90 Å². The number of benzene rings is 1. The van der Waals surface area contributed by atoms with Crippen molar-refractivity contribution in [3.8, 4) is 0 Å². The minimum absolute atomic E-state index is 0.245. The van der Waals surface area contributed by atoms with E-state index in [9.17, 15) is 13.2 Å². The molecule has 0 bridgehead atoms. The van der Waals surface area contributed by atoms with Crippen molar-refractivity contribution >= 4 is 28.4 Å². The number of nitrogens with two attached hydrogens (primary N) is 2. The molecule has 7 nitrogen and oxygen atoms in total. The number of rotatable bonds is 1. The molecule has 2 aliphatic rings. The summed E-state index contributed by atoms with van der Waals surface area (Å²) in [6.45, 7) is 1.47. The number of fused-ring (bicyclic) bond motifs is 1. The van der Waals surface area contributed by atoms with E-state index in [0.29, 0.717) is 26.1 Å². The van der Waals surface area contributed by atoms with E-state index in [1.54, 1.807) is 0 Å². The predicted octanol–water partition coefficient (Wildman–Crippen LogP) is 1.55. The Hall–Kier alpha value is -2.33. The number of nitrogen functional groups attached to an aromatic ring is 2. The van der Waals surface area contributed by atoms with E-state index < -0.39 is 45.6 Å². The Bertz CT molecular complexity index is 847. The van der Waals surface area contributed by atoms with Crippen molar-refractivity contribution in [2.24, 2.45) is 0 Å². The van der Waals surface area contributed by atoms with Gasteiger partial charge in [0.2, 0.25) is 5.95 Å². The number of ether oxygens (including phenoxy) is 2. The molecule has 0 amide bonds. The molecule has 10 heteroatoms. The highest BCUT2D eigenvalue weighted by molar-refractivity contribution is 5.92. The maximum atomic E-state index is 14.9. The summed E-state index contributed by atoms with van der Waals surface area (Å²) in [5.41, 5.74) is 10.1. The van der Waals surface area contributed by atoms with Crippen LogP contribution in [0.3, 0.4) is 0 Å². The van der Waals surface area contributed by atoms with Gasteiger partial charge in [0.25, 0.3) is 0 Å². The SMILES string of the molecule is Nc1nc(N)c2c(F)c(F)c(N3CCC4(CC3)OCCO4)c(F)c2n1. The van der Waals surface area contributed by atoms with E-state index >= 15 is 0 Å². The summed E-state index contributed by atoms with van der Waals surface area (Å²) in [4.78, 5) is 8.67. The van der Waals surface area contributed by atoms with Crippen molar-refractivity contribution in [2.45, 2.75) is 18.6 Å². The van der Waals surface area contributed by atoms with Gasteiger partial charge in [0.15, 0.2) is 23.2 Å². The van der Waals surface area contributed by atoms with Crippen LogP contribution in [-0.4, -0.2) is 42.1 Å². The Morgan fingerprint density at radius 3 is 2.20 bits per heavy atom. The molecule has 1 aromatic heterocycles. The molecule has 2 aliphatic heterocycles. The molecule has 0 atom stereocenters. The molecule has 0 saturated carbocycles. The number of halogens is 3. The molecule has 0 radical (unpaired) electrons. The molecule has 4 rings (SSSR count). The first kappa shape index (κ1) is 16.2. The van der Waals surface area contributed by atoms with Crippen LogP contribution in [0.4, 0.5) is 30.6 Å². The van der Waals surface area contributed by atoms with Crippen molar-refractivity contribution < 1.29 is 22.6 Å². The second kappa shape index (κ2) is 5.60. The Kier molecular flexibility index (Phi) is 3.62. The van der Waals surface area contributed by atoms with Crippen molar-refractivity contribution in [1.82, 2.24) is 9.97 Å². The zero-order chi connectivity index (χ0) is 17.8. The van der Waals surface area contributed by atoms with Gasteiger partial charge in [-0.1, -0.05) is 0 Å². The Labute approximate surface area is 140 Å². The number of hydrogen-bond acceptors (Lipinski definition) is 7. The Morgan fingerprint density at radius 2 is 1.56 bits per heavy atom. The number of anilines is 3. The van der Waals surface area contributed by atoms with E-state index in [-0.39, 0.29) is 19.0 Å². The fraction of sp³-hybridized carbons (Fsp3) is 0.467. The highest BCUT2D eigenvalue weighted by Crippen LogP contribution is 2.38. The van der Waals surface area contributed by atoms with Crippen LogP contribution in [0.5, 0.6) is 0 Å². The summed E-state index contributed by atoms with van der Waals surface area (Å²) >= 11 is 0. The molecular weight excluding hydrogens is 339 g/mol. The Balaban J connectivity index is 1.78. The lowest BCUT2D eigenvalue weighted by Gasteiger charge is -2.38. The van der Waals surface area contributed by atoms with Gasteiger partial charge in [-0.2, -0.15) is 4.98 Å². The molecule has 134 valence electrons. The quantitative estimate of drug-likeness (QED) is 0.749. The minimum Gasteiger partial charge on any atom is -0.383 e. The third kappa shape index (κ3) is 2.44.